The van der Waals surface area contributed by atoms with Gasteiger partial charge in [-0.2, -0.15) is 11.8 Å². The highest BCUT2D eigenvalue weighted by Gasteiger charge is 2.20. The Morgan fingerprint density at radius 2 is 2.33 bits per heavy atom. The molecule has 1 aliphatic heterocycles. The van der Waals surface area contributed by atoms with Crippen LogP contribution >= 0.6 is 23.1 Å². The van der Waals surface area contributed by atoms with Crippen LogP contribution in [0.25, 0.3) is 0 Å². The van der Waals surface area contributed by atoms with E-state index in [0.29, 0.717) is 6.04 Å². The van der Waals surface area contributed by atoms with E-state index in [1.807, 2.05) is 11.3 Å². The molecule has 0 radical (unpaired) electrons. The summed E-state index contributed by atoms with van der Waals surface area (Å²) >= 11 is 4.09. The van der Waals surface area contributed by atoms with Gasteiger partial charge in [-0.3, -0.25) is 0 Å². The summed E-state index contributed by atoms with van der Waals surface area (Å²) in [6.07, 6.45) is 4.04. The van der Waals surface area contributed by atoms with Crippen molar-refractivity contribution in [2.45, 2.75) is 50.6 Å². The first-order valence-corrected chi connectivity index (χ1v) is 8.93. The third kappa shape index (κ3) is 3.50. The smallest absolute Gasteiger partial charge is 0.0302 e. The first kappa shape index (κ1) is 13.0. The molecule has 2 aliphatic rings. The first-order valence-electron chi connectivity index (χ1n) is 6.96. The van der Waals surface area contributed by atoms with E-state index in [0.717, 1.165) is 19.1 Å². The molecule has 0 aromatic carbocycles. The van der Waals surface area contributed by atoms with Crippen molar-refractivity contribution in [1.82, 2.24) is 10.6 Å². The predicted molar refractivity (Wildman–Crippen MR) is 81.5 cm³/mol. The molecule has 1 aliphatic carbocycles. The van der Waals surface area contributed by atoms with Crippen molar-refractivity contribution < 1.29 is 0 Å². The van der Waals surface area contributed by atoms with E-state index in [1.165, 1.54) is 35.6 Å². The van der Waals surface area contributed by atoms with Crippen LogP contribution in [0.2, 0.25) is 0 Å². The summed E-state index contributed by atoms with van der Waals surface area (Å²) < 4.78 is 0. The summed E-state index contributed by atoms with van der Waals surface area (Å²) in [5.41, 5.74) is 1.59. The van der Waals surface area contributed by atoms with Gasteiger partial charge < -0.3 is 10.6 Å². The molecule has 0 amide bonds. The molecular formula is C14H22N2S2. The third-order valence-corrected chi connectivity index (χ3v) is 5.84. The van der Waals surface area contributed by atoms with Crippen molar-refractivity contribution in [1.29, 1.82) is 0 Å². The Morgan fingerprint density at radius 1 is 1.44 bits per heavy atom. The van der Waals surface area contributed by atoms with Crippen LogP contribution in [-0.4, -0.2) is 24.4 Å². The molecule has 2 nitrogen and oxygen atoms in total. The molecule has 0 bridgehead atoms. The van der Waals surface area contributed by atoms with Crippen molar-refractivity contribution >= 4 is 23.1 Å². The highest BCUT2D eigenvalue weighted by Crippen LogP contribution is 2.31. The molecule has 1 saturated carbocycles. The fraction of sp³-hybridized carbons (Fsp3) is 0.714. The lowest BCUT2D eigenvalue weighted by atomic mass is 10.2. The highest BCUT2D eigenvalue weighted by atomic mass is 32.2. The molecule has 4 heteroatoms. The lowest BCUT2D eigenvalue weighted by Gasteiger charge is -2.13. The molecule has 1 fully saturated rings. The molecule has 1 unspecified atom stereocenters. The molecule has 2 N–H and O–H groups in total. The maximum absolute atomic E-state index is 3.63. The maximum Gasteiger partial charge on any atom is 0.0302 e. The average Bonchev–Trinajstić information content (AvgIpc) is 3.11. The molecular weight excluding hydrogens is 260 g/mol. The third-order valence-electron chi connectivity index (χ3n) is 3.59. The van der Waals surface area contributed by atoms with E-state index in [1.54, 1.807) is 10.4 Å². The lowest BCUT2D eigenvalue weighted by Crippen LogP contribution is -2.36. The number of hydrogen-bond acceptors (Lipinski definition) is 4. The van der Waals surface area contributed by atoms with Gasteiger partial charge in [-0.25, -0.2) is 0 Å². The fourth-order valence-corrected chi connectivity index (χ4v) is 4.60. The minimum absolute atomic E-state index is 0.569. The number of aryl methyl sites for hydroxylation is 1. The van der Waals surface area contributed by atoms with Crippen molar-refractivity contribution in [3.05, 3.63) is 21.4 Å². The van der Waals surface area contributed by atoms with Crippen LogP contribution in [0.15, 0.2) is 6.07 Å². The minimum atomic E-state index is 0.569. The van der Waals surface area contributed by atoms with Crippen LogP contribution in [0.4, 0.5) is 0 Å². The monoisotopic (exact) mass is 282 g/mol. The Labute approximate surface area is 118 Å². The highest BCUT2D eigenvalue weighted by molar-refractivity contribution is 7.98. The van der Waals surface area contributed by atoms with Crippen molar-refractivity contribution in [2.24, 2.45) is 0 Å². The number of fused-ring (bicyclic) bond motifs is 1. The number of thiophene rings is 1. The van der Waals surface area contributed by atoms with Crippen molar-refractivity contribution in [2.75, 3.05) is 12.3 Å². The Balaban J connectivity index is 1.45. The Hall–Kier alpha value is -0.0300. The van der Waals surface area contributed by atoms with Crippen LogP contribution in [0.1, 0.15) is 35.1 Å². The quantitative estimate of drug-likeness (QED) is 0.839. The predicted octanol–water partition coefficient (Wildman–Crippen LogP) is 2.77. The van der Waals surface area contributed by atoms with Gasteiger partial charge in [0.2, 0.25) is 0 Å². The normalized spacial score (nSPS) is 20.7. The molecule has 2 heterocycles. The molecule has 1 aromatic heterocycles. The molecule has 1 atom stereocenters. The SMILES string of the molecule is CC(CNC1CC1)NCc1cc2c(s1)CCSC2. The van der Waals surface area contributed by atoms with E-state index in [9.17, 15) is 0 Å². The van der Waals surface area contributed by atoms with Gasteiger partial charge in [0.1, 0.15) is 0 Å². The number of thioether (sulfide) groups is 1. The standard InChI is InChI=1S/C14H22N2S2/c1-10(7-16-12-2-3-12)15-8-13-6-11-9-17-5-4-14(11)18-13/h6,10,12,15-16H,2-5,7-9H2,1H3. The minimum Gasteiger partial charge on any atom is -0.312 e. The maximum atomic E-state index is 3.63. The molecule has 0 spiro atoms. The topological polar surface area (TPSA) is 24.1 Å². The largest absolute Gasteiger partial charge is 0.312 e. The summed E-state index contributed by atoms with van der Waals surface area (Å²) in [5.74, 6) is 2.53. The van der Waals surface area contributed by atoms with E-state index in [-0.39, 0.29) is 0 Å². The van der Waals surface area contributed by atoms with Gasteiger partial charge in [0.25, 0.3) is 0 Å². The summed E-state index contributed by atoms with van der Waals surface area (Å²) in [5, 5.41) is 7.21. The second-order valence-electron chi connectivity index (χ2n) is 5.43. The Kier molecular flexibility index (Phi) is 4.29. The molecule has 18 heavy (non-hydrogen) atoms. The number of hydrogen-bond donors (Lipinski definition) is 2. The van der Waals surface area contributed by atoms with Gasteiger partial charge in [0.05, 0.1) is 0 Å². The second-order valence-corrected chi connectivity index (χ2v) is 7.75. The molecule has 1 aromatic rings. The zero-order valence-electron chi connectivity index (χ0n) is 11.0. The number of nitrogens with one attached hydrogen (secondary N) is 2. The second kappa shape index (κ2) is 5.95. The van der Waals surface area contributed by atoms with Gasteiger partial charge in [-0.15, -0.1) is 11.3 Å². The Morgan fingerprint density at radius 3 is 3.11 bits per heavy atom. The van der Waals surface area contributed by atoms with E-state index in [2.05, 4.69) is 35.4 Å². The van der Waals surface area contributed by atoms with Crippen molar-refractivity contribution in [3.63, 3.8) is 0 Å². The van der Waals surface area contributed by atoms with E-state index in [4.69, 9.17) is 0 Å². The van der Waals surface area contributed by atoms with Crippen LogP contribution in [-0.2, 0) is 18.7 Å². The van der Waals surface area contributed by atoms with Crippen LogP contribution in [0.5, 0.6) is 0 Å². The molecule has 3 rings (SSSR count). The first-order chi connectivity index (χ1) is 8.81. The summed E-state index contributed by atoms with van der Waals surface area (Å²) in [7, 11) is 0. The fourth-order valence-electron chi connectivity index (χ4n) is 2.27. The zero-order valence-corrected chi connectivity index (χ0v) is 12.6. The summed E-state index contributed by atoms with van der Waals surface area (Å²) in [4.78, 5) is 3.15. The summed E-state index contributed by atoms with van der Waals surface area (Å²) in [6.45, 7) is 4.42. The molecule has 0 saturated heterocycles. The lowest BCUT2D eigenvalue weighted by molar-refractivity contribution is 0.502. The van der Waals surface area contributed by atoms with E-state index >= 15 is 0 Å². The van der Waals surface area contributed by atoms with Crippen LogP contribution < -0.4 is 10.6 Å². The van der Waals surface area contributed by atoms with Gasteiger partial charge in [-0.1, -0.05) is 0 Å². The van der Waals surface area contributed by atoms with E-state index < -0.39 is 0 Å². The molecule has 100 valence electrons. The van der Waals surface area contributed by atoms with Gasteiger partial charge in [0, 0.05) is 40.7 Å². The van der Waals surface area contributed by atoms with Gasteiger partial charge >= 0.3 is 0 Å². The zero-order chi connectivity index (χ0) is 12.4. The van der Waals surface area contributed by atoms with Crippen LogP contribution in [0.3, 0.4) is 0 Å². The van der Waals surface area contributed by atoms with Crippen molar-refractivity contribution in [3.8, 4) is 0 Å². The Bertz CT molecular complexity index is 375. The van der Waals surface area contributed by atoms with Gasteiger partial charge in [-0.05, 0) is 43.6 Å². The van der Waals surface area contributed by atoms with Crippen LogP contribution in [0, 0.1) is 0 Å². The summed E-state index contributed by atoms with van der Waals surface area (Å²) in [6, 6.07) is 3.81. The average molecular weight is 282 g/mol. The van der Waals surface area contributed by atoms with Gasteiger partial charge in [0.15, 0.2) is 0 Å². The number of rotatable bonds is 6.